The van der Waals surface area contributed by atoms with Gasteiger partial charge >= 0.3 is 0 Å². The maximum absolute atomic E-state index is 6.23. The van der Waals surface area contributed by atoms with E-state index in [1.165, 1.54) is 0 Å². The first-order valence-corrected chi connectivity index (χ1v) is 7.58. The molecule has 0 fully saturated rings. The van der Waals surface area contributed by atoms with Gasteiger partial charge < -0.3 is 4.90 Å². The zero-order chi connectivity index (χ0) is 13.8. The first kappa shape index (κ1) is 14.4. The molecule has 4 heteroatoms. The summed E-state index contributed by atoms with van der Waals surface area (Å²) in [6.45, 7) is 2.77. The summed E-state index contributed by atoms with van der Waals surface area (Å²) in [5.74, 6) is 0. The van der Waals surface area contributed by atoms with E-state index in [9.17, 15) is 0 Å². The van der Waals surface area contributed by atoms with Crippen LogP contribution in [-0.2, 0) is 11.9 Å². The molecule has 0 radical (unpaired) electrons. The Bertz CT molecular complexity index is 572. The van der Waals surface area contributed by atoms with Crippen molar-refractivity contribution in [3.63, 3.8) is 0 Å². The first-order valence-electron chi connectivity index (χ1n) is 6.08. The molecule has 0 aliphatic rings. The van der Waals surface area contributed by atoms with E-state index in [1.54, 1.807) is 0 Å². The number of rotatable bonds is 4. The van der Waals surface area contributed by atoms with E-state index in [2.05, 4.69) is 31.9 Å². The number of halogens is 2. The molecular formula is C15H16BrClN2. The van der Waals surface area contributed by atoms with Crippen LogP contribution in [0.15, 0.2) is 36.4 Å². The third-order valence-electron chi connectivity index (χ3n) is 2.97. The zero-order valence-corrected chi connectivity index (χ0v) is 13.4. The number of anilines is 1. The van der Waals surface area contributed by atoms with E-state index >= 15 is 0 Å². The molecule has 2 aromatic rings. The predicted molar refractivity (Wildman–Crippen MR) is 85.2 cm³/mol. The molecular weight excluding hydrogens is 324 g/mol. The summed E-state index contributed by atoms with van der Waals surface area (Å²) in [5.41, 5.74) is 4.30. The lowest BCUT2D eigenvalue weighted by Gasteiger charge is -2.20. The molecule has 19 heavy (non-hydrogen) atoms. The highest BCUT2D eigenvalue weighted by Crippen LogP contribution is 2.25. The van der Waals surface area contributed by atoms with Crippen molar-refractivity contribution in [1.29, 1.82) is 0 Å². The molecule has 2 nitrogen and oxygen atoms in total. The van der Waals surface area contributed by atoms with E-state index in [4.69, 9.17) is 11.6 Å². The standard InChI is InChI=1S/C15H16BrClN2/c1-11-4-3-5-13(18-11)10-19(2)14-7-6-12(9-16)15(17)8-14/h3-8H,9-10H2,1-2H3. The predicted octanol–water partition coefficient (Wildman–Crippen LogP) is 4.57. The molecule has 2 rings (SSSR count). The molecule has 0 aliphatic carbocycles. The molecule has 100 valence electrons. The van der Waals surface area contributed by atoms with Crippen molar-refractivity contribution in [2.24, 2.45) is 0 Å². The van der Waals surface area contributed by atoms with Crippen molar-refractivity contribution in [2.45, 2.75) is 18.8 Å². The molecule has 1 aromatic carbocycles. The van der Waals surface area contributed by atoms with Crippen LogP contribution in [0.5, 0.6) is 0 Å². The Balaban J connectivity index is 2.15. The first-order chi connectivity index (χ1) is 9.10. The van der Waals surface area contributed by atoms with Crippen molar-refractivity contribution >= 4 is 33.2 Å². The van der Waals surface area contributed by atoms with Gasteiger partial charge in [0, 0.05) is 28.8 Å². The van der Waals surface area contributed by atoms with E-state index in [0.29, 0.717) is 0 Å². The third kappa shape index (κ3) is 3.71. The van der Waals surface area contributed by atoms with Crippen LogP contribution < -0.4 is 4.90 Å². The minimum Gasteiger partial charge on any atom is -0.369 e. The highest BCUT2D eigenvalue weighted by atomic mass is 79.9. The Morgan fingerprint density at radius 1 is 1.26 bits per heavy atom. The van der Waals surface area contributed by atoms with Gasteiger partial charge in [0.05, 0.1) is 12.2 Å². The van der Waals surface area contributed by atoms with E-state index < -0.39 is 0 Å². The maximum atomic E-state index is 6.23. The molecule has 0 unspecified atom stereocenters. The van der Waals surface area contributed by atoms with Crippen LogP contribution in [0.25, 0.3) is 0 Å². The third-order valence-corrected chi connectivity index (χ3v) is 3.92. The average molecular weight is 340 g/mol. The summed E-state index contributed by atoms with van der Waals surface area (Å²) in [5, 5.41) is 1.56. The van der Waals surface area contributed by atoms with Gasteiger partial charge in [-0.25, -0.2) is 0 Å². The van der Waals surface area contributed by atoms with Crippen molar-refractivity contribution in [2.75, 3.05) is 11.9 Å². The Morgan fingerprint density at radius 3 is 2.68 bits per heavy atom. The van der Waals surface area contributed by atoms with Gasteiger partial charge in [0.1, 0.15) is 0 Å². The second-order valence-corrected chi connectivity index (χ2v) is 5.50. The van der Waals surface area contributed by atoms with Gasteiger partial charge in [0.25, 0.3) is 0 Å². The van der Waals surface area contributed by atoms with Crippen LogP contribution in [0.3, 0.4) is 0 Å². The summed E-state index contributed by atoms with van der Waals surface area (Å²) in [4.78, 5) is 6.66. The number of pyridine rings is 1. The van der Waals surface area contributed by atoms with Crippen LogP contribution >= 0.6 is 27.5 Å². The highest BCUT2D eigenvalue weighted by Gasteiger charge is 2.06. The van der Waals surface area contributed by atoms with Crippen molar-refractivity contribution in [1.82, 2.24) is 4.98 Å². The molecule has 1 heterocycles. The number of aromatic nitrogens is 1. The SMILES string of the molecule is Cc1cccc(CN(C)c2ccc(CBr)c(Cl)c2)n1. The fourth-order valence-corrected chi connectivity index (χ4v) is 2.80. The minimum absolute atomic E-state index is 0.770. The lowest BCUT2D eigenvalue weighted by atomic mass is 10.2. The monoisotopic (exact) mass is 338 g/mol. The van der Waals surface area contributed by atoms with Gasteiger partial charge in [0.15, 0.2) is 0 Å². The lowest BCUT2D eigenvalue weighted by molar-refractivity contribution is 0.876. The smallest absolute Gasteiger partial charge is 0.0600 e. The zero-order valence-electron chi connectivity index (χ0n) is 11.0. The maximum Gasteiger partial charge on any atom is 0.0600 e. The quantitative estimate of drug-likeness (QED) is 0.758. The Hall–Kier alpha value is -1.06. The van der Waals surface area contributed by atoms with Crippen molar-refractivity contribution in [3.05, 3.63) is 58.4 Å². The molecule has 0 aliphatic heterocycles. The van der Waals surface area contributed by atoms with Crippen LogP contribution in [0.4, 0.5) is 5.69 Å². The molecule has 0 spiro atoms. The molecule has 0 N–H and O–H groups in total. The normalized spacial score (nSPS) is 10.5. The molecule has 0 bridgehead atoms. The van der Waals surface area contributed by atoms with E-state index in [-0.39, 0.29) is 0 Å². The lowest BCUT2D eigenvalue weighted by Crippen LogP contribution is -2.17. The number of nitrogens with zero attached hydrogens (tertiary/aromatic N) is 2. The molecule has 0 amide bonds. The average Bonchev–Trinajstić information content (AvgIpc) is 2.38. The van der Waals surface area contributed by atoms with Gasteiger partial charge in [0.2, 0.25) is 0 Å². The topological polar surface area (TPSA) is 16.1 Å². The van der Waals surface area contributed by atoms with Crippen LogP contribution in [0.2, 0.25) is 5.02 Å². The summed E-state index contributed by atoms with van der Waals surface area (Å²) in [6, 6.07) is 12.2. The Kier molecular flexibility index (Phi) is 4.83. The Morgan fingerprint density at radius 2 is 2.05 bits per heavy atom. The molecule has 0 saturated carbocycles. The minimum atomic E-state index is 0.770. The Labute approximate surface area is 127 Å². The summed E-state index contributed by atoms with van der Waals surface area (Å²) >= 11 is 9.65. The van der Waals surface area contributed by atoms with Crippen molar-refractivity contribution in [3.8, 4) is 0 Å². The number of hydrogen-bond donors (Lipinski definition) is 0. The largest absolute Gasteiger partial charge is 0.369 e. The van der Waals surface area contributed by atoms with Crippen LogP contribution in [0.1, 0.15) is 17.0 Å². The number of hydrogen-bond acceptors (Lipinski definition) is 2. The van der Waals surface area contributed by atoms with Gasteiger partial charge in [-0.05, 0) is 36.8 Å². The fraction of sp³-hybridized carbons (Fsp3) is 0.267. The van der Waals surface area contributed by atoms with Crippen LogP contribution in [0, 0.1) is 6.92 Å². The second-order valence-electron chi connectivity index (χ2n) is 4.54. The summed E-state index contributed by atoms with van der Waals surface area (Å²) in [6.07, 6.45) is 0. The number of aryl methyl sites for hydroxylation is 1. The molecule has 0 atom stereocenters. The van der Waals surface area contributed by atoms with Gasteiger partial charge in [-0.2, -0.15) is 0 Å². The van der Waals surface area contributed by atoms with E-state index in [1.807, 2.05) is 44.3 Å². The fourth-order valence-electron chi connectivity index (χ4n) is 1.90. The number of alkyl halides is 1. The van der Waals surface area contributed by atoms with Gasteiger partial charge in [-0.1, -0.05) is 39.7 Å². The van der Waals surface area contributed by atoms with Gasteiger partial charge in [-0.15, -0.1) is 0 Å². The van der Waals surface area contributed by atoms with E-state index in [0.717, 1.165) is 39.5 Å². The molecule has 1 aromatic heterocycles. The summed E-state index contributed by atoms with van der Waals surface area (Å²) in [7, 11) is 2.05. The van der Waals surface area contributed by atoms with Crippen LogP contribution in [-0.4, -0.2) is 12.0 Å². The van der Waals surface area contributed by atoms with Crippen molar-refractivity contribution < 1.29 is 0 Å². The summed E-state index contributed by atoms with van der Waals surface area (Å²) < 4.78 is 0. The second kappa shape index (κ2) is 6.40. The number of benzene rings is 1. The molecule has 0 saturated heterocycles. The highest BCUT2D eigenvalue weighted by molar-refractivity contribution is 9.08. The van der Waals surface area contributed by atoms with Gasteiger partial charge in [-0.3, -0.25) is 4.98 Å².